The highest BCUT2D eigenvalue weighted by molar-refractivity contribution is 5.84. The zero-order valence-corrected chi connectivity index (χ0v) is 16.2. The lowest BCUT2D eigenvalue weighted by Gasteiger charge is -2.39. The van der Waals surface area contributed by atoms with Crippen molar-refractivity contribution in [1.82, 2.24) is 25.7 Å². The summed E-state index contributed by atoms with van der Waals surface area (Å²) in [6.45, 7) is 4.05. The fraction of sp³-hybridized carbons (Fsp3) is 0.526. The van der Waals surface area contributed by atoms with Crippen LogP contribution in [0.4, 0.5) is 5.95 Å². The van der Waals surface area contributed by atoms with Gasteiger partial charge in [-0.25, -0.2) is 10.0 Å². The molecule has 2 amide bonds. The van der Waals surface area contributed by atoms with Crippen LogP contribution in [0.2, 0.25) is 0 Å². The smallest absolute Gasteiger partial charge is 0.262 e. The number of amides is 2. The molecule has 0 spiro atoms. The molecule has 1 fully saturated rings. The Morgan fingerprint density at radius 3 is 2.75 bits per heavy atom. The van der Waals surface area contributed by atoms with E-state index in [0.29, 0.717) is 41.3 Å². The third-order valence-electron chi connectivity index (χ3n) is 5.61. The summed E-state index contributed by atoms with van der Waals surface area (Å²) in [7, 11) is 0. The van der Waals surface area contributed by atoms with Crippen LogP contribution in [0.25, 0.3) is 11.0 Å². The second kappa shape index (κ2) is 8.47. The van der Waals surface area contributed by atoms with Gasteiger partial charge in [0.1, 0.15) is 5.52 Å². The Morgan fingerprint density at radius 2 is 2.07 bits per heavy atom. The molecule has 1 heterocycles. The first-order valence-corrected chi connectivity index (χ1v) is 9.54. The minimum atomic E-state index is -0.851. The van der Waals surface area contributed by atoms with Gasteiger partial charge in [-0.2, -0.15) is 0 Å². The van der Waals surface area contributed by atoms with Crippen LogP contribution >= 0.6 is 0 Å². The van der Waals surface area contributed by atoms with Crippen LogP contribution in [-0.4, -0.2) is 44.3 Å². The lowest BCUT2D eigenvalue weighted by Crippen LogP contribution is -2.51. The first-order chi connectivity index (χ1) is 13.5. The van der Waals surface area contributed by atoms with Crippen molar-refractivity contribution in [2.24, 2.45) is 11.3 Å². The number of hydrazine groups is 1. The summed E-state index contributed by atoms with van der Waals surface area (Å²) < 4.78 is 0. The number of benzene rings is 1. The third kappa shape index (κ3) is 4.36. The number of hydrogen-bond donors (Lipinski definition) is 3. The lowest BCUT2D eigenvalue weighted by atomic mass is 9.69. The summed E-state index contributed by atoms with van der Waals surface area (Å²) in [5, 5.41) is 18.3. The fourth-order valence-electron chi connectivity index (χ4n) is 3.79. The Morgan fingerprint density at radius 1 is 1.32 bits per heavy atom. The van der Waals surface area contributed by atoms with Gasteiger partial charge in [-0.3, -0.25) is 25.6 Å². The van der Waals surface area contributed by atoms with Gasteiger partial charge in [-0.1, -0.05) is 19.4 Å². The molecule has 1 aliphatic rings. The van der Waals surface area contributed by atoms with Gasteiger partial charge in [0.15, 0.2) is 0 Å². The quantitative estimate of drug-likeness (QED) is 0.379. The first kappa shape index (κ1) is 19.9. The number of aryl methyl sites for hydroxylation is 1. The van der Waals surface area contributed by atoms with Crippen molar-refractivity contribution in [3.05, 3.63) is 23.8 Å². The molecule has 0 atom stereocenters. The topological polar surface area (TPSA) is 120 Å². The van der Waals surface area contributed by atoms with Crippen molar-refractivity contribution in [3.63, 3.8) is 0 Å². The number of carbonyl (C=O) groups excluding carboxylic acids is 2. The van der Waals surface area contributed by atoms with Gasteiger partial charge in [0.25, 0.3) is 5.95 Å². The molecular formula is C19H26N6O3. The van der Waals surface area contributed by atoms with Gasteiger partial charge in [-0.15, -0.1) is 10.2 Å². The van der Waals surface area contributed by atoms with E-state index in [9.17, 15) is 14.8 Å². The number of hydrogen-bond acceptors (Lipinski definition) is 7. The van der Waals surface area contributed by atoms with Gasteiger partial charge >= 0.3 is 0 Å². The highest BCUT2D eigenvalue weighted by atomic mass is 16.5. The van der Waals surface area contributed by atoms with E-state index in [1.807, 2.05) is 25.1 Å². The number of rotatable bonds is 7. The average molecular weight is 386 g/mol. The summed E-state index contributed by atoms with van der Waals surface area (Å²) in [6.07, 6.45) is 4.34. The number of hydroxylamine groups is 2. The van der Waals surface area contributed by atoms with Crippen LogP contribution in [0.3, 0.4) is 0 Å². The first-order valence-electron chi connectivity index (χ1n) is 9.54. The number of nitrogens with zero attached hydrogens (tertiary/aromatic N) is 4. The van der Waals surface area contributed by atoms with Crippen molar-refractivity contribution in [2.75, 3.05) is 12.0 Å². The number of aromatic nitrogens is 3. The Labute approximate surface area is 163 Å². The molecule has 1 saturated carbocycles. The Hall–Kier alpha value is -2.81. The normalized spacial score (nSPS) is 21.9. The van der Waals surface area contributed by atoms with Gasteiger partial charge in [-0.05, 0) is 56.2 Å². The molecule has 9 heteroatoms. The van der Waals surface area contributed by atoms with Crippen LogP contribution < -0.4 is 10.9 Å². The van der Waals surface area contributed by atoms with Crippen LogP contribution in [-0.2, 0) is 9.59 Å². The number of nitrogens with one attached hydrogen (secondary N) is 2. The van der Waals surface area contributed by atoms with E-state index in [1.165, 1.54) is 0 Å². The minimum absolute atomic E-state index is 0.0451. The second-order valence-electron chi connectivity index (χ2n) is 7.54. The summed E-state index contributed by atoms with van der Waals surface area (Å²) in [6, 6.07) is 5.65. The highest BCUT2D eigenvalue weighted by Gasteiger charge is 2.43. The summed E-state index contributed by atoms with van der Waals surface area (Å²) in [5.74, 6) is 0.447. The number of fused-ring (bicyclic) bond motifs is 1. The molecule has 2 aromatic rings. The van der Waals surface area contributed by atoms with E-state index >= 15 is 0 Å². The summed E-state index contributed by atoms with van der Waals surface area (Å²) >= 11 is 0. The average Bonchev–Trinajstić information content (AvgIpc) is 2.72. The van der Waals surface area contributed by atoms with Crippen LogP contribution in [0, 0.1) is 18.3 Å². The van der Waals surface area contributed by atoms with E-state index in [-0.39, 0.29) is 18.4 Å². The predicted molar refractivity (Wildman–Crippen MR) is 103 cm³/mol. The van der Waals surface area contributed by atoms with Crippen molar-refractivity contribution in [3.8, 4) is 0 Å². The van der Waals surface area contributed by atoms with Crippen LogP contribution in [0.1, 0.15) is 44.6 Å². The Bertz CT molecular complexity index is 851. The van der Waals surface area contributed by atoms with Crippen LogP contribution in [0.15, 0.2) is 18.2 Å². The zero-order chi connectivity index (χ0) is 20.1. The molecule has 3 N–H and O–H groups in total. The maximum atomic E-state index is 12.9. The maximum absolute atomic E-state index is 12.9. The van der Waals surface area contributed by atoms with Gasteiger partial charge in [0.05, 0.1) is 17.5 Å². The SMILES string of the molecule is CC[C@H]1CC[C@](CN(O)C=O)(C(=O)NNc2nnc3cc(C)ccc3n2)CC1. The molecule has 28 heavy (non-hydrogen) atoms. The molecule has 3 rings (SSSR count). The molecule has 0 radical (unpaired) electrons. The maximum Gasteiger partial charge on any atom is 0.262 e. The molecule has 150 valence electrons. The molecule has 0 bridgehead atoms. The second-order valence-corrected chi connectivity index (χ2v) is 7.54. The Kier molecular flexibility index (Phi) is 6.03. The number of carbonyl (C=O) groups is 2. The summed E-state index contributed by atoms with van der Waals surface area (Å²) in [5.41, 5.74) is 6.91. The van der Waals surface area contributed by atoms with Gasteiger partial charge in [0.2, 0.25) is 12.3 Å². The fourth-order valence-corrected chi connectivity index (χ4v) is 3.79. The summed E-state index contributed by atoms with van der Waals surface area (Å²) in [4.78, 5) is 28.2. The molecule has 9 nitrogen and oxygen atoms in total. The molecule has 1 aromatic carbocycles. The van der Waals surface area contributed by atoms with Crippen molar-refractivity contribution >= 4 is 29.3 Å². The van der Waals surface area contributed by atoms with Gasteiger partial charge in [0, 0.05) is 0 Å². The van der Waals surface area contributed by atoms with E-state index in [1.54, 1.807) is 0 Å². The van der Waals surface area contributed by atoms with Gasteiger partial charge < -0.3 is 0 Å². The molecule has 0 aliphatic heterocycles. The van der Waals surface area contributed by atoms with E-state index < -0.39 is 5.41 Å². The van der Waals surface area contributed by atoms with E-state index in [4.69, 9.17) is 0 Å². The predicted octanol–water partition coefficient (Wildman–Crippen LogP) is 2.21. The van der Waals surface area contributed by atoms with Crippen molar-refractivity contribution < 1.29 is 14.8 Å². The third-order valence-corrected chi connectivity index (χ3v) is 5.61. The van der Waals surface area contributed by atoms with Crippen molar-refractivity contribution in [1.29, 1.82) is 0 Å². The lowest BCUT2D eigenvalue weighted by molar-refractivity contribution is -0.163. The molecule has 0 saturated heterocycles. The molecule has 0 unspecified atom stereocenters. The molecule has 1 aliphatic carbocycles. The Balaban J connectivity index is 1.71. The largest absolute Gasteiger partial charge is 0.286 e. The molecular weight excluding hydrogens is 360 g/mol. The highest BCUT2D eigenvalue weighted by Crippen LogP contribution is 2.40. The minimum Gasteiger partial charge on any atom is -0.286 e. The standard InChI is InChI=1S/C19H26N6O3/c1-3-14-6-8-19(9-7-14,11-25(28)12-26)17(27)22-24-18-20-15-5-4-13(2)10-16(15)21-23-18/h4-5,10,12,14,28H,3,6-9,11H2,1-2H3,(H,22,27)(H,20,23,24)/t14-,19-. The van der Waals surface area contributed by atoms with Crippen molar-refractivity contribution in [2.45, 2.75) is 46.0 Å². The number of anilines is 1. The molecule has 1 aromatic heterocycles. The van der Waals surface area contributed by atoms with E-state index in [0.717, 1.165) is 24.8 Å². The zero-order valence-electron chi connectivity index (χ0n) is 16.2. The van der Waals surface area contributed by atoms with Crippen LogP contribution in [0.5, 0.6) is 0 Å². The monoisotopic (exact) mass is 386 g/mol. The van der Waals surface area contributed by atoms with E-state index in [2.05, 4.69) is 33.0 Å².